The van der Waals surface area contributed by atoms with Gasteiger partial charge in [0, 0.05) is 23.5 Å². The van der Waals surface area contributed by atoms with Crippen LogP contribution in [0.2, 0.25) is 0 Å². The molecule has 136 valence electrons. The number of hydrogen-bond acceptors (Lipinski definition) is 4. The minimum Gasteiger partial charge on any atom is -0.310 e. The quantitative estimate of drug-likeness (QED) is 0.815. The smallest absolute Gasteiger partial charge is 0.247 e. The lowest BCUT2D eigenvalue weighted by Gasteiger charge is -2.32. The van der Waals surface area contributed by atoms with Crippen LogP contribution in [0.3, 0.4) is 0 Å². The van der Waals surface area contributed by atoms with Crippen LogP contribution in [0, 0.1) is 5.92 Å². The second-order valence-electron chi connectivity index (χ2n) is 8.19. The van der Waals surface area contributed by atoms with Crippen molar-refractivity contribution >= 4 is 22.9 Å². The monoisotopic (exact) mass is 367 g/mol. The van der Waals surface area contributed by atoms with Gasteiger partial charge in [-0.05, 0) is 43.9 Å². The zero-order valence-corrected chi connectivity index (χ0v) is 16.2. The summed E-state index contributed by atoms with van der Waals surface area (Å²) in [6.45, 7) is 6.26. The van der Waals surface area contributed by atoms with Crippen LogP contribution in [0.5, 0.6) is 0 Å². The number of nitrogens with zero attached hydrogens (tertiary/aromatic N) is 3. The van der Waals surface area contributed by atoms with Gasteiger partial charge in [-0.3, -0.25) is 9.69 Å². The molecular weight excluding hydrogens is 342 g/mol. The molecule has 4 heterocycles. The number of carbonyl (C=O) groups is 1. The molecule has 4 nitrogen and oxygen atoms in total. The van der Waals surface area contributed by atoms with Crippen molar-refractivity contribution in [2.24, 2.45) is 5.92 Å². The Labute approximate surface area is 158 Å². The number of thiazole rings is 1. The minimum absolute atomic E-state index is 0.288. The Bertz CT molecular complexity index is 833. The standard InChI is InChI=1S/C21H25N3OS/c1-14(2)17-13-26-19(22-17)18-11-15-12-23(16-7-4-3-5-8-16)20(25)21(15)9-6-10-24(18)21/h3-5,7-8,13-15,18H,6,9-12H2,1-2H3/t15-,18-,21-/m0/s1. The third-order valence-electron chi connectivity index (χ3n) is 6.53. The maximum absolute atomic E-state index is 13.5. The number of hydrogen-bond donors (Lipinski definition) is 0. The molecule has 1 spiro atoms. The van der Waals surface area contributed by atoms with Crippen LogP contribution in [-0.2, 0) is 4.79 Å². The minimum atomic E-state index is -0.288. The van der Waals surface area contributed by atoms with Crippen LogP contribution in [0.15, 0.2) is 35.7 Å². The first-order valence-corrected chi connectivity index (χ1v) is 10.6. The molecule has 3 saturated heterocycles. The number of anilines is 1. The molecule has 0 bridgehead atoms. The molecule has 3 fully saturated rings. The van der Waals surface area contributed by atoms with E-state index in [4.69, 9.17) is 4.98 Å². The molecule has 1 amide bonds. The van der Waals surface area contributed by atoms with Gasteiger partial charge < -0.3 is 4.90 Å². The molecule has 1 aromatic heterocycles. The topological polar surface area (TPSA) is 36.4 Å². The molecule has 0 N–H and O–H groups in total. The average Bonchev–Trinajstić information content (AvgIpc) is 3.38. The summed E-state index contributed by atoms with van der Waals surface area (Å²) in [6.07, 6.45) is 3.17. The van der Waals surface area contributed by atoms with Gasteiger partial charge in [-0.2, -0.15) is 0 Å². The summed E-state index contributed by atoms with van der Waals surface area (Å²) >= 11 is 1.78. The van der Waals surface area contributed by atoms with Crippen molar-refractivity contribution in [3.05, 3.63) is 46.4 Å². The van der Waals surface area contributed by atoms with E-state index in [9.17, 15) is 4.79 Å². The first-order chi connectivity index (χ1) is 12.6. The van der Waals surface area contributed by atoms with E-state index in [1.165, 1.54) is 10.7 Å². The maximum Gasteiger partial charge on any atom is 0.247 e. The number of para-hydroxylation sites is 1. The van der Waals surface area contributed by atoms with Gasteiger partial charge in [-0.15, -0.1) is 11.3 Å². The molecule has 5 heteroatoms. The van der Waals surface area contributed by atoms with Crippen molar-refractivity contribution in [3.63, 3.8) is 0 Å². The molecule has 3 aliphatic rings. The van der Waals surface area contributed by atoms with Crippen molar-refractivity contribution in [2.45, 2.75) is 50.6 Å². The van der Waals surface area contributed by atoms with Gasteiger partial charge in [-0.1, -0.05) is 32.0 Å². The predicted molar refractivity (Wildman–Crippen MR) is 105 cm³/mol. The molecule has 0 aliphatic carbocycles. The van der Waals surface area contributed by atoms with Gasteiger partial charge in [0.05, 0.1) is 11.7 Å². The highest BCUT2D eigenvalue weighted by atomic mass is 32.1. The molecule has 1 aromatic carbocycles. The number of aromatic nitrogens is 1. The Morgan fingerprint density at radius 2 is 2.08 bits per heavy atom. The fourth-order valence-electron chi connectivity index (χ4n) is 5.28. The van der Waals surface area contributed by atoms with Crippen LogP contribution in [0.25, 0.3) is 0 Å². The van der Waals surface area contributed by atoms with Gasteiger partial charge >= 0.3 is 0 Å². The van der Waals surface area contributed by atoms with Gasteiger partial charge in [0.2, 0.25) is 5.91 Å². The summed E-state index contributed by atoms with van der Waals surface area (Å²) in [5.41, 5.74) is 1.94. The third kappa shape index (κ3) is 2.16. The second kappa shape index (κ2) is 5.89. The SMILES string of the molecule is CC(C)c1csc([C@@H]2C[C@H]3CN(c4ccccc4)C(=O)[C@]34CCCN24)n1. The summed E-state index contributed by atoms with van der Waals surface area (Å²) in [4.78, 5) is 23.0. The third-order valence-corrected chi connectivity index (χ3v) is 7.50. The van der Waals surface area contributed by atoms with Gasteiger partial charge in [0.15, 0.2) is 0 Å². The van der Waals surface area contributed by atoms with Crippen molar-refractivity contribution in [3.8, 4) is 0 Å². The lowest BCUT2D eigenvalue weighted by Crippen LogP contribution is -2.49. The average molecular weight is 368 g/mol. The second-order valence-corrected chi connectivity index (χ2v) is 9.08. The molecule has 3 aliphatic heterocycles. The predicted octanol–water partition coefficient (Wildman–Crippen LogP) is 4.21. The number of carbonyl (C=O) groups excluding carboxylic acids is 1. The highest BCUT2D eigenvalue weighted by Crippen LogP contribution is 2.56. The van der Waals surface area contributed by atoms with Gasteiger partial charge in [0.25, 0.3) is 0 Å². The van der Waals surface area contributed by atoms with Crippen molar-refractivity contribution < 1.29 is 4.79 Å². The Hall–Kier alpha value is -1.72. The number of rotatable bonds is 3. The van der Waals surface area contributed by atoms with Gasteiger partial charge in [-0.25, -0.2) is 4.98 Å². The van der Waals surface area contributed by atoms with Crippen LogP contribution in [0.4, 0.5) is 5.69 Å². The number of amides is 1. The summed E-state index contributed by atoms with van der Waals surface area (Å²) in [5.74, 6) is 1.19. The fourth-order valence-corrected chi connectivity index (χ4v) is 6.38. The zero-order chi connectivity index (χ0) is 17.9. The molecule has 2 aromatic rings. The highest BCUT2D eigenvalue weighted by Gasteiger charge is 2.65. The van der Waals surface area contributed by atoms with Crippen molar-refractivity contribution in [1.82, 2.24) is 9.88 Å². The Morgan fingerprint density at radius 3 is 2.81 bits per heavy atom. The molecule has 0 unspecified atom stereocenters. The van der Waals surface area contributed by atoms with E-state index in [0.717, 1.165) is 38.0 Å². The van der Waals surface area contributed by atoms with Crippen molar-refractivity contribution in [1.29, 1.82) is 0 Å². The van der Waals surface area contributed by atoms with Gasteiger partial charge in [0.1, 0.15) is 10.5 Å². The normalized spacial score (nSPS) is 31.0. The molecule has 0 saturated carbocycles. The van der Waals surface area contributed by atoms with Crippen LogP contribution in [0.1, 0.15) is 55.8 Å². The van der Waals surface area contributed by atoms with Crippen LogP contribution < -0.4 is 4.90 Å². The van der Waals surface area contributed by atoms with Crippen molar-refractivity contribution in [2.75, 3.05) is 18.0 Å². The van der Waals surface area contributed by atoms with E-state index in [0.29, 0.717) is 23.8 Å². The van der Waals surface area contributed by atoms with Crippen LogP contribution in [-0.4, -0.2) is 34.4 Å². The summed E-state index contributed by atoms with van der Waals surface area (Å²) < 4.78 is 0. The highest BCUT2D eigenvalue weighted by molar-refractivity contribution is 7.09. The first kappa shape index (κ1) is 16.5. The molecule has 5 rings (SSSR count). The van der Waals surface area contributed by atoms with E-state index < -0.39 is 0 Å². The molecular formula is C21H25N3OS. The first-order valence-electron chi connectivity index (χ1n) is 9.70. The lowest BCUT2D eigenvalue weighted by molar-refractivity contribution is -0.126. The zero-order valence-electron chi connectivity index (χ0n) is 15.4. The number of benzene rings is 1. The largest absolute Gasteiger partial charge is 0.310 e. The molecule has 26 heavy (non-hydrogen) atoms. The van der Waals surface area contributed by atoms with E-state index in [1.54, 1.807) is 11.3 Å². The van der Waals surface area contributed by atoms with E-state index in [-0.39, 0.29) is 5.54 Å². The maximum atomic E-state index is 13.5. The Kier molecular flexibility index (Phi) is 3.73. The fraction of sp³-hybridized carbons (Fsp3) is 0.524. The lowest BCUT2D eigenvalue weighted by atomic mass is 9.86. The molecule has 3 atom stereocenters. The summed E-state index contributed by atoms with van der Waals surface area (Å²) in [5, 5.41) is 3.41. The van der Waals surface area contributed by atoms with E-state index >= 15 is 0 Å². The Morgan fingerprint density at radius 1 is 1.27 bits per heavy atom. The molecule has 0 radical (unpaired) electrons. The summed E-state index contributed by atoms with van der Waals surface area (Å²) in [6, 6.07) is 10.5. The van der Waals surface area contributed by atoms with Crippen LogP contribution >= 0.6 is 11.3 Å². The Balaban J connectivity index is 1.48. The van der Waals surface area contributed by atoms with E-state index in [1.807, 2.05) is 23.1 Å². The summed E-state index contributed by atoms with van der Waals surface area (Å²) in [7, 11) is 0. The van der Waals surface area contributed by atoms with E-state index in [2.05, 4.69) is 36.3 Å².